The summed E-state index contributed by atoms with van der Waals surface area (Å²) in [6.07, 6.45) is 2.23. The maximum Gasteiger partial charge on any atom is 0.287 e. The van der Waals surface area contributed by atoms with Gasteiger partial charge in [0.15, 0.2) is 5.76 Å². The van der Waals surface area contributed by atoms with E-state index in [4.69, 9.17) is 9.15 Å². The zero-order valence-corrected chi connectivity index (χ0v) is 9.66. The molecule has 1 fully saturated rings. The van der Waals surface area contributed by atoms with Crippen LogP contribution in [0.1, 0.15) is 36.1 Å². The molecular formula is C12H17NO3. The molecular weight excluding hydrogens is 206 g/mol. The third-order valence-corrected chi connectivity index (χ3v) is 2.85. The standard InChI is InChI=1S/C12H17NO3/c1-8-5-6-11(16-8)12(14)13-9(2)10-4-3-7-15-10/h5-6,9-10H,3-4,7H2,1-2H3,(H,13,14)/t9-,10-/m1/s1. The van der Waals surface area contributed by atoms with Crippen LogP contribution in [0.4, 0.5) is 0 Å². The first-order chi connectivity index (χ1) is 7.66. The summed E-state index contributed by atoms with van der Waals surface area (Å²) in [7, 11) is 0. The van der Waals surface area contributed by atoms with E-state index in [0.717, 1.165) is 25.2 Å². The van der Waals surface area contributed by atoms with E-state index in [0.29, 0.717) is 5.76 Å². The van der Waals surface area contributed by atoms with Crippen LogP contribution >= 0.6 is 0 Å². The van der Waals surface area contributed by atoms with Crippen LogP contribution in [0.3, 0.4) is 0 Å². The molecule has 1 saturated heterocycles. The van der Waals surface area contributed by atoms with Crippen LogP contribution in [0.2, 0.25) is 0 Å². The lowest BCUT2D eigenvalue weighted by Gasteiger charge is -2.19. The van der Waals surface area contributed by atoms with Gasteiger partial charge in [-0.25, -0.2) is 0 Å². The molecule has 0 aromatic carbocycles. The molecule has 1 aromatic rings. The van der Waals surface area contributed by atoms with Crippen molar-refractivity contribution < 1.29 is 13.9 Å². The van der Waals surface area contributed by atoms with Crippen molar-refractivity contribution in [1.82, 2.24) is 5.32 Å². The van der Waals surface area contributed by atoms with Crippen molar-refractivity contribution >= 4 is 5.91 Å². The molecule has 0 spiro atoms. The van der Waals surface area contributed by atoms with Crippen molar-refractivity contribution in [3.05, 3.63) is 23.7 Å². The lowest BCUT2D eigenvalue weighted by Crippen LogP contribution is -2.40. The molecule has 0 radical (unpaired) electrons. The highest BCUT2D eigenvalue weighted by Crippen LogP contribution is 2.16. The average molecular weight is 223 g/mol. The van der Waals surface area contributed by atoms with Gasteiger partial charge in [0.25, 0.3) is 5.91 Å². The van der Waals surface area contributed by atoms with Gasteiger partial charge in [-0.15, -0.1) is 0 Å². The Morgan fingerprint density at radius 3 is 2.94 bits per heavy atom. The molecule has 0 unspecified atom stereocenters. The lowest BCUT2D eigenvalue weighted by molar-refractivity contribution is 0.0696. The quantitative estimate of drug-likeness (QED) is 0.851. The zero-order chi connectivity index (χ0) is 11.5. The molecule has 2 atom stereocenters. The molecule has 88 valence electrons. The summed E-state index contributed by atoms with van der Waals surface area (Å²) in [5.41, 5.74) is 0. The maximum atomic E-state index is 11.8. The number of amides is 1. The zero-order valence-electron chi connectivity index (χ0n) is 9.66. The maximum absolute atomic E-state index is 11.8. The van der Waals surface area contributed by atoms with Gasteiger partial charge in [0, 0.05) is 6.61 Å². The number of furan rings is 1. The predicted octanol–water partition coefficient (Wildman–Crippen LogP) is 1.89. The summed E-state index contributed by atoms with van der Waals surface area (Å²) in [6.45, 7) is 4.58. The van der Waals surface area contributed by atoms with Gasteiger partial charge in [0.05, 0.1) is 12.1 Å². The summed E-state index contributed by atoms with van der Waals surface area (Å²) in [4.78, 5) is 11.8. The average Bonchev–Trinajstić information content (AvgIpc) is 2.87. The van der Waals surface area contributed by atoms with Gasteiger partial charge in [0.2, 0.25) is 0 Å². The Balaban J connectivity index is 1.91. The van der Waals surface area contributed by atoms with Crippen molar-refractivity contribution in [2.24, 2.45) is 0 Å². The molecule has 1 aliphatic heterocycles. The third kappa shape index (κ3) is 2.44. The minimum Gasteiger partial charge on any atom is -0.456 e. The molecule has 1 aromatic heterocycles. The molecule has 0 bridgehead atoms. The Morgan fingerprint density at radius 1 is 1.56 bits per heavy atom. The van der Waals surface area contributed by atoms with Crippen LogP contribution in [-0.4, -0.2) is 24.7 Å². The number of nitrogens with one attached hydrogen (secondary N) is 1. The molecule has 1 aliphatic rings. The smallest absolute Gasteiger partial charge is 0.287 e. The summed E-state index contributed by atoms with van der Waals surface area (Å²) < 4.78 is 10.8. The van der Waals surface area contributed by atoms with Crippen LogP contribution in [-0.2, 0) is 4.74 Å². The minimum absolute atomic E-state index is 0.0282. The van der Waals surface area contributed by atoms with E-state index in [1.54, 1.807) is 12.1 Å². The fourth-order valence-electron chi connectivity index (χ4n) is 1.92. The lowest BCUT2D eigenvalue weighted by atomic mass is 10.1. The molecule has 2 rings (SSSR count). The number of carbonyl (C=O) groups is 1. The SMILES string of the molecule is Cc1ccc(C(=O)N[C@H](C)[C@H]2CCCO2)o1. The highest BCUT2D eigenvalue weighted by atomic mass is 16.5. The van der Waals surface area contributed by atoms with Crippen LogP contribution in [0, 0.1) is 6.92 Å². The molecule has 4 heteroatoms. The topological polar surface area (TPSA) is 51.5 Å². The van der Waals surface area contributed by atoms with Crippen LogP contribution in [0.25, 0.3) is 0 Å². The Labute approximate surface area is 95.0 Å². The van der Waals surface area contributed by atoms with Gasteiger partial charge in [-0.2, -0.15) is 0 Å². The van der Waals surface area contributed by atoms with E-state index in [1.807, 2.05) is 13.8 Å². The van der Waals surface area contributed by atoms with Crippen molar-refractivity contribution in [2.45, 2.75) is 38.8 Å². The Hall–Kier alpha value is -1.29. The van der Waals surface area contributed by atoms with Gasteiger partial charge in [-0.1, -0.05) is 0 Å². The van der Waals surface area contributed by atoms with Crippen molar-refractivity contribution in [3.63, 3.8) is 0 Å². The molecule has 0 saturated carbocycles. The monoisotopic (exact) mass is 223 g/mol. The van der Waals surface area contributed by atoms with E-state index >= 15 is 0 Å². The second-order valence-electron chi connectivity index (χ2n) is 4.22. The first-order valence-electron chi connectivity index (χ1n) is 5.66. The highest BCUT2D eigenvalue weighted by Gasteiger charge is 2.24. The molecule has 16 heavy (non-hydrogen) atoms. The van der Waals surface area contributed by atoms with E-state index < -0.39 is 0 Å². The fourth-order valence-corrected chi connectivity index (χ4v) is 1.92. The van der Waals surface area contributed by atoms with Gasteiger partial charge in [0.1, 0.15) is 5.76 Å². The summed E-state index contributed by atoms with van der Waals surface area (Å²) >= 11 is 0. The van der Waals surface area contributed by atoms with Crippen LogP contribution in [0.5, 0.6) is 0 Å². The Morgan fingerprint density at radius 2 is 2.38 bits per heavy atom. The molecule has 4 nitrogen and oxygen atoms in total. The summed E-state index contributed by atoms with van der Waals surface area (Å²) in [6, 6.07) is 3.50. The van der Waals surface area contributed by atoms with E-state index in [-0.39, 0.29) is 18.1 Å². The number of hydrogen-bond acceptors (Lipinski definition) is 3. The normalized spacial score (nSPS) is 22.0. The second kappa shape index (κ2) is 4.70. The number of carbonyl (C=O) groups excluding carboxylic acids is 1. The summed E-state index contributed by atoms with van der Waals surface area (Å²) in [5, 5.41) is 2.89. The third-order valence-electron chi connectivity index (χ3n) is 2.85. The van der Waals surface area contributed by atoms with Gasteiger partial charge < -0.3 is 14.5 Å². The molecule has 0 aliphatic carbocycles. The van der Waals surface area contributed by atoms with Gasteiger partial charge in [-0.3, -0.25) is 4.79 Å². The highest BCUT2D eigenvalue weighted by molar-refractivity contribution is 5.91. The van der Waals surface area contributed by atoms with Crippen LogP contribution in [0.15, 0.2) is 16.5 Å². The van der Waals surface area contributed by atoms with E-state index in [9.17, 15) is 4.79 Å². The summed E-state index contributed by atoms with van der Waals surface area (Å²) in [5.74, 6) is 0.938. The number of aryl methyl sites for hydroxylation is 1. The largest absolute Gasteiger partial charge is 0.456 e. The first kappa shape index (κ1) is 11.2. The predicted molar refractivity (Wildman–Crippen MR) is 59.3 cm³/mol. The van der Waals surface area contributed by atoms with Gasteiger partial charge in [-0.05, 0) is 38.8 Å². The number of hydrogen-bond donors (Lipinski definition) is 1. The molecule has 2 heterocycles. The Kier molecular flexibility index (Phi) is 3.29. The number of ether oxygens (including phenoxy) is 1. The van der Waals surface area contributed by atoms with E-state index in [2.05, 4.69) is 5.32 Å². The first-order valence-corrected chi connectivity index (χ1v) is 5.66. The van der Waals surface area contributed by atoms with Gasteiger partial charge >= 0.3 is 0 Å². The van der Waals surface area contributed by atoms with E-state index in [1.165, 1.54) is 0 Å². The fraction of sp³-hybridized carbons (Fsp3) is 0.583. The van der Waals surface area contributed by atoms with Crippen LogP contribution < -0.4 is 5.32 Å². The van der Waals surface area contributed by atoms with Crippen molar-refractivity contribution in [2.75, 3.05) is 6.61 Å². The Bertz CT molecular complexity index is 366. The van der Waals surface area contributed by atoms with Crippen molar-refractivity contribution in [3.8, 4) is 0 Å². The molecule has 1 N–H and O–H groups in total. The molecule has 1 amide bonds. The van der Waals surface area contributed by atoms with Crippen molar-refractivity contribution in [1.29, 1.82) is 0 Å². The second-order valence-corrected chi connectivity index (χ2v) is 4.22. The minimum atomic E-state index is -0.170. The number of rotatable bonds is 3.